The van der Waals surface area contributed by atoms with Gasteiger partial charge in [-0.1, -0.05) is 13.0 Å². The quantitative estimate of drug-likeness (QED) is 0.890. The lowest BCUT2D eigenvalue weighted by Gasteiger charge is -2.36. The Morgan fingerprint density at radius 2 is 2.20 bits per heavy atom. The number of carbonyl (C=O) groups is 1. The number of hydrogen-bond donors (Lipinski definition) is 1. The minimum Gasteiger partial charge on any atom is -0.454 e. The second kappa shape index (κ2) is 5.32. The third-order valence-electron chi connectivity index (χ3n) is 4.06. The minimum absolute atomic E-state index is 0.0467. The number of carbonyl (C=O) groups excluding carboxylic acids is 1. The third kappa shape index (κ3) is 2.33. The topological polar surface area (TPSA) is 59.0 Å². The molecule has 1 N–H and O–H groups in total. The largest absolute Gasteiger partial charge is 0.454 e. The Morgan fingerprint density at radius 3 is 2.95 bits per heavy atom. The monoisotopic (exact) mass is 277 g/mol. The fraction of sp³-hybridized carbons (Fsp3) is 0.533. The van der Waals surface area contributed by atoms with Crippen molar-refractivity contribution in [1.29, 1.82) is 0 Å². The van der Waals surface area contributed by atoms with Gasteiger partial charge < -0.3 is 19.5 Å². The molecular weight excluding hydrogens is 258 g/mol. The van der Waals surface area contributed by atoms with Gasteiger partial charge in [0.2, 0.25) is 12.7 Å². The Bertz CT molecular complexity index is 517. The maximum Gasteiger partial charge on any atom is 0.231 e. The number of rotatable bonds is 2. The number of aliphatic hydroxyl groups is 1. The van der Waals surface area contributed by atoms with Crippen LogP contribution in [0.1, 0.15) is 31.2 Å². The first kappa shape index (κ1) is 13.2. The number of amides is 1. The molecule has 2 atom stereocenters. The fourth-order valence-corrected chi connectivity index (χ4v) is 2.91. The van der Waals surface area contributed by atoms with E-state index in [1.54, 1.807) is 4.90 Å². The number of ether oxygens (including phenoxy) is 2. The predicted molar refractivity (Wildman–Crippen MR) is 72.8 cm³/mol. The van der Waals surface area contributed by atoms with Crippen molar-refractivity contribution in [2.75, 3.05) is 19.9 Å². The Labute approximate surface area is 118 Å². The number of fused-ring (bicyclic) bond motifs is 1. The number of nitrogens with zero attached hydrogens (tertiary/aromatic N) is 1. The van der Waals surface area contributed by atoms with Crippen molar-refractivity contribution in [1.82, 2.24) is 4.90 Å². The summed E-state index contributed by atoms with van der Waals surface area (Å²) in [6.07, 6.45) is 0.730. The van der Waals surface area contributed by atoms with Crippen LogP contribution in [0.4, 0.5) is 0 Å². The van der Waals surface area contributed by atoms with E-state index in [4.69, 9.17) is 9.47 Å². The summed E-state index contributed by atoms with van der Waals surface area (Å²) in [5, 5.41) is 10.3. The highest BCUT2D eigenvalue weighted by molar-refractivity contribution is 5.76. The zero-order valence-electron chi connectivity index (χ0n) is 11.5. The molecule has 0 radical (unpaired) electrons. The molecule has 1 saturated heterocycles. The lowest BCUT2D eigenvalue weighted by Crippen LogP contribution is -2.45. The Hall–Kier alpha value is -1.75. The Balaban J connectivity index is 1.74. The number of aliphatic hydroxyl groups excluding tert-OH is 1. The number of likely N-dealkylation sites (tertiary alicyclic amines) is 1. The van der Waals surface area contributed by atoms with Crippen LogP contribution >= 0.6 is 0 Å². The van der Waals surface area contributed by atoms with Crippen LogP contribution in [0.2, 0.25) is 0 Å². The van der Waals surface area contributed by atoms with E-state index in [0.717, 1.165) is 23.5 Å². The standard InChI is InChI=1S/C15H19NO4/c1-2-15(18)16-6-5-11(12(17)8-16)10-3-4-13-14(7-10)20-9-19-13/h3-4,7,11-12,17H,2,5-6,8-9H2,1H3. The molecule has 5 heteroatoms. The van der Waals surface area contributed by atoms with Gasteiger partial charge in [-0.25, -0.2) is 0 Å². The van der Waals surface area contributed by atoms with E-state index >= 15 is 0 Å². The summed E-state index contributed by atoms with van der Waals surface area (Å²) < 4.78 is 10.7. The van der Waals surface area contributed by atoms with E-state index in [0.29, 0.717) is 19.5 Å². The van der Waals surface area contributed by atoms with Crippen molar-refractivity contribution in [3.63, 3.8) is 0 Å². The van der Waals surface area contributed by atoms with Gasteiger partial charge in [0.25, 0.3) is 0 Å². The summed E-state index contributed by atoms with van der Waals surface area (Å²) in [5.74, 6) is 1.64. The summed E-state index contributed by atoms with van der Waals surface area (Å²) in [7, 11) is 0. The molecule has 5 nitrogen and oxygen atoms in total. The molecule has 2 aliphatic rings. The zero-order valence-corrected chi connectivity index (χ0v) is 11.5. The van der Waals surface area contributed by atoms with Gasteiger partial charge in [0, 0.05) is 25.4 Å². The fourth-order valence-electron chi connectivity index (χ4n) is 2.91. The highest BCUT2D eigenvalue weighted by atomic mass is 16.7. The molecule has 1 aromatic rings. The molecule has 3 rings (SSSR count). The van der Waals surface area contributed by atoms with Crippen molar-refractivity contribution >= 4 is 5.91 Å². The number of piperidine rings is 1. The first-order valence-corrected chi connectivity index (χ1v) is 7.04. The highest BCUT2D eigenvalue weighted by Crippen LogP contribution is 2.37. The van der Waals surface area contributed by atoms with Crippen LogP contribution in [0, 0.1) is 0 Å². The molecule has 1 fully saturated rings. The molecule has 108 valence electrons. The SMILES string of the molecule is CCC(=O)N1CCC(c2ccc3c(c2)OCO3)C(O)C1. The zero-order chi connectivity index (χ0) is 14.1. The van der Waals surface area contributed by atoms with Crippen LogP contribution in [-0.2, 0) is 4.79 Å². The van der Waals surface area contributed by atoms with E-state index < -0.39 is 6.10 Å². The van der Waals surface area contributed by atoms with E-state index in [2.05, 4.69) is 0 Å². The Kier molecular flexibility index (Phi) is 3.53. The van der Waals surface area contributed by atoms with Crippen molar-refractivity contribution in [3.05, 3.63) is 23.8 Å². The summed E-state index contributed by atoms with van der Waals surface area (Å²) in [6.45, 7) is 3.21. The molecule has 0 bridgehead atoms. The summed E-state index contributed by atoms with van der Waals surface area (Å²) in [4.78, 5) is 13.4. The van der Waals surface area contributed by atoms with Crippen LogP contribution in [-0.4, -0.2) is 41.9 Å². The van der Waals surface area contributed by atoms with Crippen LogP contribution in [0.15, 0.2) is 18.2 Å². The highest BCUT2D eigenvalue weighted by Gasteiger charge is 2.31. The van der Waals surface area contributed by atoms with Crippen LogP contribution in [0.3, 0.4) is 0 Å². The molecule has 0 spiro atoms. The lowest BCUT2D eigenvalue weighted by molar-refractivity contribution is -0.134. The average molecular weight is 277 g/mol. The van der Waals surface area contributed by atoms with E-state index in [-0.39, 0.29) is 18.6 Å². The number of hydrogen-bond acceptors (Lipinski definition) is 4. The molecular formula is C15H19NO4. The molecule has 0 saturated carbocycles. The smallest absolute Gasteiger partial charge is 0.231 e. The Morgan fingerprint density at radius 1 is 1.40 bits per heavy atom. The number of β-amino-alcohol motifs (C(OH)–C–C–N with tert-alkyl or cyclic N) is 1. The van der Waals surface area contributed by atoms with Crippen LogP contribution in [0.5, 0.6) is 11.5 Å². The maximum atomic E-state index is 11.7. The predicted octanol–water partition coefficient (Wildman–Crippen LogP) is 1.50. The second-order valence-electron chi connectivity index (χ2n) is 5.27. The van der Waals surface area contributed by atoms with E-state index in [9.17, 15) is 9.90 Å². The maximum absolute atomic E-state index is 11.7. The molecule has 1 aromatic carbocycles. The van der Waals surface area contributed by atoms with Gasteiger partial charge in [-0.05, 0) is 24.1 Å². The molecule has 1 amide bonds. The van der Waals surface area contributed by atoms with E-state index in [1.165, 1.54) is 0 Å². The van der Waals surface area contributed by atoms with Gasteiger partial charge in [0.1, 0.15) is 0 Å². The van der Waals surface area contributed by atoms with Crippen molar-refractivity contribution in [3.8, 4) is 11.5 Å². The average Bonchev–Trinajstić information content (AvgIpc) is 2.93. The molecule has 0 aliphatic carbocycles. The molecule has 0 aromatic heterocycles. The van der Waals surface area contributed by atoms with Crippen LogP contribution in [0.25, 0.3) is 0 Å². The summed E-state index contributed by atoms with van der Waals surface area (Å²) >= 11 is 0. The second-order valence-corrected chi connectivity index (χ2v) is 5.27. The third-order valence-corrected chi connectivity index (χ3v) is 4.06. The number of benzene rings is 1. The lowest BCUT2D eigenvalue weighted by atomic mass is 9.87. The molecule has 2 unspecified atom stereocenters. The van der Waals surface area contributed by atoms with Crippen molar-refractivity contribution < 1.29 is 19.4 Å². The molecule has 2 aliphatic heterocycles. The van der Waals surface area contributed by atoms with Gasteiger partial charge in [-0.15, -0.1) is 0 Å². The molecule has 20 heavy (non-hydrogen) atoms. The van der Waals surface area contributed by atoms with Gasteiger partial charge >= 0.3 is 0 Å². The normalized spacial score (nSPS) is 24.8. The molecule has 2 heterocycles. The first-order chi connectivity index (χ1) is 9.69. The van der Waals surface area contributed by atoms with Crippen molar-refractivity contribution in [2.45, 2.75) is 31.8 Å². The minimum atomic E-state index is -0.528. The van der Waals surface area contributed by atoms with Gasteiger partial charge in [-0.2, -0.15) is 0 Å². The first-order valence-electron chi connectivity index (χ1n) is 7.04. The summed E-state index contributed by atoms with van der Waals surface area (Å²) in [5.41, 5.74) is 1.05. The van der Waals surface area contributed by atoms with Gasteiger partial charge in [-0.3, -0.25) is 4.79 Å². The van der Waals surface area contributed by atoms with Gasteiger partial charge in [0.15, 0.2) is 11.5 Å². The van der Waals surface area contributed by atoms with Crippen molar-refractivity contribution in [2.24, 2.45) is 0 Å². The van der Waals surface area contributed by atoms with Gasteiger partial charge in [0.05, 0.1) is 6.10 Å². The van der Waals surface area contributed by atoms with E-state index in [1.807, 2.05) is 25.1 Å². The van der Waals surface area contributed by atoms with Crippen LogP contribution < -0.4 is 9.47 Å². The summed E-state index contributed by atoms with van der Waals surface area (Å²) in [6, 6.07) is 5.79.